The predicted molar refractivity (Wildman–Crippen MR) is 92.6 cm³/mol. The zero-order valence-electron chi connectivity index (χ0n) is 14.2. The standard InChI is InChI=1S/C16H20N4O4S/c1-11(2)18-16(21)20(22)25(23,24)15-10-17-8-7-14(15)19-13-6-4-5-12(3)9-13/h4-11,20H,1-3H3,(H,17,19)(H,18,21)/p+1. The molecule has 0 aliphatic carbocycles. The highest BCUT2D eigenvalue weighted by molar-refractivity contribution is 7.85. The zero-order valence-corrected chi connectivity index (χ0v) is 15.0. The Morgan fingerprint density at radius 2 is 2.00 bits per heavy atom. The Bertz CT molecular complexity index is 868. The average molecular weight is 365 g/mol. The summed E-state index contributed by atoms with van der Waals surface area (Å²) in [6.07, 6.45) is 2.70. The number of H-pyrrole nitrogens is 1. The first-order valence-electron chi connectivity index (χ1n) is 7.65. The number of aromatic nitrogens is 1. The minimum absolute atomic E-state index is 0.204. The maximum absolute atomic E-state index is 12.6. The van der Waals surface area contributed by atoms with Crippen molar-refractivity contribution in [2.75, 3.05) is 5.32 Å². The highest BCUT2D eigenvalue weighted by Gasteiger charge is 2.33. The van der Waals surface area contributed by atoms with E-state index in [1.807, 2.05) is 25.1 Å². The Hall–Kier alpha value is -2.49. The third kappa shape index (κ3) is 4.53. The van der Waals surface area contributed by atoms with Gasteiger partial charge in [-0.15, -0.1) is 0 Å². The summed E-state index contributed by atoms with van der Waals surface area (Å²) in [5.74, 6) is 0. The monoisotopic (exact) mass is 365 g/mol. The van der Waals surface area contributed by atoms with Gasteiger partial charge in [0.1, 0.15) is 0 Å². The van der Waals surface area contributed by atoms with Gasteiger partial charge in [-0.25, -0.2) is 9.78 Å². The van der Waals surface area contributed by atoms with Crippen LogP contribution < -0.4 is 20.1 Å². The van der Waals surface area contributed by atoms with Crippen LogP contribution in [0.4, 0.5) is 16.2 Å². The second-order valence-electron chi connectivity index (χ2n) is 5.84. The number of carbonyl (C=O) groups is 1. The molecule has 134 valence electrons. The largest absolute Gasteiger partial charge is 0.609 e. The molecule has 4 N–H and O–H groups in total. The van der Waals surface area contributed by atoms with Gasteiger partial charge in [-0.2, -0.15) is 12.9 Å². The van der Waals surface area contributed by atoms with Crippen molar-refractivity contribution in [3.8, 4) is 0 Å². The molecule has 0 aliphatic rings. The van der Waals surface area contributed by atoms with Gasteiger partial charge in [0.2, 0.25) is 4.90 Å². The van der Waals surface area contributed by atoms with Crippen LogP contribution in [0.15, 0.2) is 47.6 Å². The van der Waals surface area contributed by atoms with E-state index in [0.717, 1.165) is 5.56 Å². The van der Waals surface area contributed by atoms with E-state index >= 15 is 0 Å². The van der Waals surface area contributed by atoms with Crippen LogP contribution in [0.25, 0.3) is 0 Å². The summed E-state index contributed by atoms with van der Waals surface area (Å²) in [7, 11) is -4.49. The third-order valence-electron chi connectivity index (χ3n) is 3.26. The van der Waals surface area contributed by atoms with Gasteiger partial charge in [-0.1, -0.05) is 12.1 Å². The summed E-state index contributed by atoms with van der Waals surface area (Å²) >= 11 is 0. The Morgan fingerprint density at radius 1 is 1.28 bits per heavy atom. The normalized spacial score (nSPS) is 12.7. The first kappa shape index (κ1) is 18.8. The van der Waals surface area contributed by atoms with E-state index in [2.05, 4.69) is 15.6 Å². The summed E-state index contributed by atoms with van der Waals surface area (Å²) in [4.78, 5) is 14.2. The lowest BCUT2D eigenvalue weighted by molar-refractivity contribution is -0.608. The molecule has 1 unspecified atom stereocenters. The van der Waals surface area contributed by atoms with Crippen molar-refractivity contribution in [3.63, 3.8) is 0 Å². The summed E-state index contributed by atoms with van der Waals surface area (Å²) in [5, 5.41) is 17.4. The van der Waals surface area contributed by atoms with Crippen LogP contribution in [0.5, 0.6) is 0 Å². The number of nitrogens with one attached hydrogen (secondary N) is 4. The summed E-state index contributed by atoms with van der Waals surface area (Å²) in [6.45, 7) is 5.18. The van der Waals surface area contributed by atoms with Gasteiger partial charge in [0.15, 0.2) is 12.4 Å². The number of anilines is 2. The van der Waals surface area contributed by atoms with Gasteiger partial charge >= 0.3 is 16.1 Å². The molecule has 0 saturated carbocycles. The molecule has 0 fully saturated rings. The van der Waals surface area contributed by atoms with Crippen LogP contribution in [0.2, 0.25) is 0 Å². The molecule has 1 aromatic heterocycles. The number of carbonyl (C=O) groups excluding carboxylic acids is 1. The van der Waals surface area contributed by atoms with E-state index in [4.69, 9.17) is 0 Å². The van der Waals surface area contributed by atoms with Gasteiger partial charge in [0, 0.05) is 17.8 Å². The molecule has 0 spiro atoms. The number of aromatic amines is 1. The first-order valence-corrected chi connectivity index (χ1v) is 9.14. The molecule has 1 aromatic carbocycles. The van der Waals surface area contributed by atoms with Crippen molar-refractivity contribution in [1.82, 2.24) is 5.32 Å². The molecule has 1 atom stereocenters. The fourth-order valence-corrected chi connectivity index (χ4v) is 3.30. The summed E-state index contributed by atoms with van der Waals surface area (Å²) < 4.78 is 23.6. The van der Waals surface area contributed by atoms with Gasteiger partial charge < -0.3 is 15.8 Å². The van der Waals surface area contributed by atoms with E-state index in [-0.39, 0.29) is 16.6 Å². The minimum atomic E-state index is -4.49. The van der Waals surface area contributed by atoms with E-state index in [1.165, 1.54) is 18.5 Å². The van der Waals surface area contributed by atoms with Gasteiger partial charge in [-0.3, -0.25) is 0 Å². The Morgan fingerprint density at radius 3 is 2.64 bits per heavy atom. The molecule has 1 heterocycles. The van der Waals surface area contributed by atoms with Gasteiger partial charge in [0.25, 0.3) is 0 Å². The third-order valence-corrected chi connectivity index (χ3v) is 4.85. The fraction of sp³-hybridized carbons (Fsp3) is 0.250. The number of hydrogen-bond acceptors (Lipinski definition) is 5. The zero-order chi connectivity index (χ0) is 18.6. The van der Waals surface area contributed by atoms with Crippen LogP contribution in [0.3, 0.4) is 0 Å². The van der Waals surface area contributed by atoms with Crippen LogP contribution in [-0.2, 0) is 10.0 Å². The number of sulfonamides is 1. The quantitative estimate of drug-likeness (QED) is 0.676. The fourth-order valence-electron chi connectivity index (χ4n) is 2.16. The Kier molecular flexibility index (Phi) is 5.73. The van der Waals surface area contributed by atoms with Crippen molar-refractivity contribution < 1.29 is 22.7 Å². The molecule has 0 aliphatic heterocycles. The molecular formula is C16H21N4O4S+. The molecule has 2 amide bonds. The van der Waals surface area contributed by atoms with Crippen LogP contribution >= 0.6 is 0 Å². The molecule has 0 radical (unpaired) electrons. The predicted octanol–water partition coefficient (Wildman–Crippen LogP) is 0.742. The number of aryl methyl sites for hydroxylation is 1. The number of hydrogen-bond donors (Lipinski definition) is 3. The van der Waals surface area contributed by atoms with Crippen LogP contribution in [0, 0.1) is 12.1 Å². The summed E-state index contributed by atoms with van der Waals surface area (Å²) in [6, 6.07) is 7.32. The van der Waals surface area contributed by atoms with Crippen molar-refractivity contribution in [1.29, 1.82) is 0 Å². The summed E-state index contributed by atoms with van der Waals surface area (Å²) in [5.41, 5.74) is 1.86. The lowest BCUT2D eigenvalue weighted by Gasteiger charge is -2.20. The number of quaternary nitrogens is 1. The highest BCUT2D eigenvalue weighted by Crippen LogP contribution is 2.22. The second kappa shape index (κ2) is 7.60. The number of amides is 2. The van der Waals surface area contributed by atoms with Crippen molar-refractivity contribution >= 4 is 27.4 Å². The molecule has 0 saturated heterocycles. The van der Waals surface area contributed by atoms with E-state index in [1.54, 1.807) is 19.9 Å². The number of hydroxylamine groups is 1. The van der Waals surface area contributed by atoms with Crippen LogP contribution in [0.1, 0.15) is 19.4 Å². The van der Waals surface area contributed by atoms with Crippen molar-refractivity contribution in [2.45, 2.75) is 31.7 Å². The van der Waals surface area contributed by atoms with Crippen molar-refractivity contribution in [3.05, 3.63) is 53.5 Å². The molecule has 2 rings (SSSR count). The lowest BCUT2D eigenvalue weighted by atomic mass is 10.2. The number of urea groups is 1. The molecule has 0 bridgehead atoms. The maximum Gasteiger partial charge on any atom is 0.430 e. The van der Waals surface area contributed by atoms with Gasteiger partial charge in [-0.05, 0) is 38.5 Å². The SMILES string of the molecule is Cc1cccc(Nc2cc[nH+]cc2S(=O)(=O)[NH+]([O-])C(=O)NC(C)C)c1. The minimum Gasteiger partial charge on any atom is -0.609 e. The topological polar surface area (TPSA) is 117 Å². The Balaban J connectivity index is 2.37. The number of benzene rings is 1. The number of pyridine rings is 1. The molecular weight excluding hydrogens is 344 g/mol. The number of rotatable bonds is 5. The molecule has 8 nitrogen and oxygen atoms in total. The van der Waals surface area contributed by atoms with Crippen molar-refractivity contribution in [2.24, 2.45) is 0 Å². The Labute approximate surface area is 146 Å². The second-order valence-corrected chi connectivity index (χ2v) is 7.65. The molecule has 25 heavy (non-hydrogen) atoms. The average Bonchev–Trinajstić information content (AvgIpc) is 2.54. The lowest BCUT2D eigenvalue weighted by Crippen LogP contribution is -3.13. The highest BCUT2D eigenvalue weighted by atomic mass is 32.2. The van der Waals surface area contributed by atoms with E-state index < -0.39 is 20.5 Å². The van der Waals surface area contributed by atoms with Gasteiger partial charge in [0.05, 0.1) is 5.69 Å². The smallest absolute Gasteiger partial charge is 0.430 e. The van der Waals surface area contributed by atoms with E-state index in [0.29, 0.717) is 5.69 Å². The molecule has 9 heteroatoms. The van der Waals surface area contributed by atoms with Crippen LogP contribution in [-0.4, -0.2) is 20.5 Å². The first-order chi connectivity index (χ1) is 11.7. The molecule has 2 aromatic rings. The van der Waals surface area contributed by atoms with E-state index in [9.17, 15) is 18.4 Å². The maximum atomic E-state index is 12.6.